The molecule has 10 aromatic rings. The highest BCUT2D eigenvalue weighted by Crippen LogP contribution is 2.57. The van der Waals surface area contributed by atoms with E-state index in [0.717, 1.165) is 38.9 Å². The van der Waals surface area contributed by atoms with E-state index in [1.807, 2.05) is 6.07 Å². The average molecular weight is 725 g/mol. The van der Waals surface area contributed by atoms with E-state index in [0.29, 0.717) is 5.82 Å². The monoisotopic (exact) mass is 724 g/mol. The van der Waals surface area contributed by atoms with Gasteiger partial charge in [0.05, 0.1) is 16.8 Å². The van der Waals surface area contributed by atoms with E-state index in [-0.39, 0.29) is 0 Å². The van der Waals surface area contributed by atoms with Gasteiger partial charge in [0.15, 0.2) is 5.82 Å². The molecule has 0 fully saturated rings. The summed E-state index contributed by atoms with van der Waals surface area (Å²) in [6.07, 6.45) is 0. The Bertz CT molecular complexity index is 3070. The fraction of sp³-hybridized carbons (Fsp3) is 0.0182. The summed E-state index contributed by atoms with van der Waals surface area (Å²) in [5.74, 6) is 0.707. The van der Waals surface area contributed by atoms with Crippen LogP contribution in [0.5, 0.6) is 0 Å². The highest BCUT2D eigenvalue weighted by atomic mass is 14.9. The molecule has 1 aromatic heterocycles. The summed E-state index contributed by atoms with van der Waals surface area (Å²) in [4.78, 5) is 10.6. The minimum atomic E-state index is -0.467. The van der Waals surface area contributed by atoms with Crippen molar-refractivity contribution in [1.29, 1.82) is 0 Å². The molecule has 0 saturated carbocycles. The second-order valence-corrected chi connectivity index (χ2v) is 14.9. The van der Waals surface area contributed by atoms with Gasteiger partial charge in [0.25, 0.3) is 0 Å². The molecule has 0 spiro atoms. The van der Waals surface area contributed by atoms with Crippen molar-refractivity contribution < 1.29 is 0 Å². The van der Waals surface area contributed by atoms with Crippen molar-refractivity contribution >= 4 is 21.5 Å². The first-order chi connectivity index (χ1) is 28.3. The largest absolute Gasteiger partial charge is 0.228 e. The van der Waals surface area contributed by atoms with Crippen molar-refractivity contribution in [2.75, 3.05) is 0 Å². The molecule has 0 bridgehead atoms. The van der Waals surface area contributed by atoms with Gasteiger partial charge in [-0.2, -0.15) is 0 Å². The first-order valence-electron chi connectivity index (χ1n) is 19.6. The van der Waals surface area contributed by atoms with Gasteiger partial charge in [-0.1, -0.05) is 194 Å². The summed E-state index contributed by atoms with van der Waals surface area (Å²) in [5.41, 5.74) is 14.5. The van der Waals surface area contributed by atoms with Crippen LogP contribution in [0.25, 0.3) is 77.7 Å². The topological polar surface area (TPSA) is 25.8 Å². The van der Waals surface area contributed by atoms with Crippen molar-refractivity contribution in [2.45, 2.75) is 5.41 Å². The quantitative estimate of drug-likeness (QED) is 0.171. The summed E-state index contributed by atoms with van der Waals surface area (Å²) in [6, 6.07) is 78.8. The third kappa shape index (κ3) is 5.33. The molecule has 0 radical (unpaired) electrons. The number of nitrogens with zero attached hydrogens (tertiary/aromatic N) is 2. The third-order valence-electron chi connectivity index (χ3n) is 11.8. The molecular formula is C55H36N2. The van der Waals surface area contributed by atoms with Crippen LogP contribution in [0.2, 0.25) is 0 Å². The molecule has 2 heteroatoms. The smallest absolute Gasteiger partial charge is 0.161 e. The van der Waals surface area contributed by atoms with E-state index in [9.17, 15) is 0 Å². The Morgan fingerprint density at radius 1 is 0.298 bits per heavy atom. The van der Waals surface area contributed by atoms with Gasteiger partial charge in [-0.25, -0.2) is 9.97 Å². The molecule has 266 valence electrons. The summed E-state index contributed by atoms with van der Waals surface area (Å²) >= 11 is 0. The van der Waals surface area contributed by atoms with Gasteiger partial charge in [-0.15, -0.1) is 0 Å². The van der Waals surface area contributed by atoms with Crippen LogP contribution in [0.4, 0.5) is 0 Å². The van der Waals surface area contributed by atoms with Crippen LogP contribution in [-0.2, 0) is 5.41 Å². The zero-order chi connectivity index (χ0) is 37.8. The van der Waals surface area contributed by atoms with E-state index in [4.69, 9.17) is 9.97 Å². The van der Waals surface area contributed by atoms with Crippen LogP contribution in [0.15, 0.2) is 218 Å². The molecule has 57 heavy (non-hydrogen) atoms. The standard InChI is InChI=1S/C55H36N2/c1-4-17-38(18-5-1)52-36-53(41-29-28-37-16-10-11-19-39(37)34-41)57-54(56-52)49-33-32-44(45-24-12-13-25-46(45)49)40-30-31-48-47-26-14-15-27-50(47)55(51(48)35-40,42-20-6-2-7-21-42)43-22-8-3-9-23-43/h1-36H. The average Bonchev–Trinajstić information content (AvgIpc) is 3.59. The maximum atomic E-state index is 5.30. The fourth-order valence-electron chi connectivity index (χ4n) is 9.18. The van der Waals surface area contributed by atoms with Crippen LogP contribution in [-0.4, -0.2) is 9.97 Å². The molecule has 0 unspecified atom stereocenters. The Labute approximate surface area is 332 Å². The van der Waals surface area contributed by atoms with Crippen LogP contribution in [0.1, 0.15) is 22.3 Å². The zero-order valence-electron chi connectivity index (χ0n) is 31.2. The van der Waals surface area contributed by atoms with Gasteiger partial charge in [0, 0.05) is 16.7 Å². The molecule has 0 aliphatic heterocycles. The summed E-state index contributed by atoms with van der Waals surface area (Å²) in [7, 11) is 0. The second-order valence-electron chi connectivity index (χ2n) is 14.9. The minimum absolute atomic E-state index is 0.467. The lowest BCUT2D eigenvalue weighted by molar-refractivity contribution is 0.769. The third-order valence-corrected chi connectivity index (χ3v) is 11.8. The lowest BCUT2D eigenvalue weighted by Gasteiger charge is -2.34. The van der Waals surface area contributed by atoms with E-state index < -0.39 is 5.41 Å². The van der Waals surface area contributed by atoms with Gasteiger partial charge >= 0.3 is 0 Å². The van der Waals surface area contributed by atoms with Crippen LogP contribution in [0, 0.1) is 0 Å². The summed E-state index contributed by atoms with van der Waals surface area (Å²) in [6.45, 7) is 0. The molecule has 0 atom stereocenters. The number of hydrogen-bond donors (Lipinski definition) is 0. The van der Waals surface area contributed by atoms with Crippen molar-refractivity contribution in [2.24, 2.45) is 0 Å². The normalized spacial score (nSPS) is 12.7. The van der Waals surface area contributed by atoms with E-state index in [1.54, 1.807) is 0 Å². The molecule has 2 nitrogen and oxygen atoms in total. The highest BCUT2D eigenvalue weighted by molar-refractivity contribution is 6.05. The van der Waals surface area contributed by atoms with Crippen molar-refractivity contribution in [3.8, 4) is 56.2 Å². The van der Waals surface area contributed by atoms with E-state index in [1.165, 1.54) is 55.3 Å². The number of aromatic nitrogens is 2. The lowest BCUT2D eigenvalue weighted by atomic mass is 9.67. The second kappa shape index (κ2) is 13.4. The van der Waals surface area contributed by atoms with Crippen molar-refractivity contribution in [3.05, 3.63) is 241 Å². The number of fused-ring (bicyclic) bond motifs is 5. The van der Waals surface area contributed by atoms with Gasteiger partial charge in [-0.05, 0) is 90.3 Å². The number of hydrogen-bond acceptors (Lipinski definition) is 2. The minimum Gasteiger partial charge on any atom is -0.228 e. The van der Waals surface area contributed by atoms with Gasteiger partial charge < -0.3 is 0 Å². The molecule has 1 heterocycles. The molecule has 1 aliphatic carbocycles. The molecule has 1 aliphatic rings. The Morgan fingerprint density at radius 2 is 0.825 bits per heavy atom. The van der Waals surface area contributed by atoms with Gasteiger partial charge in [0.1, 0.15) is 0 Å². The molecule has 0 N–H and O–H groups in total. The zero-order valence-corrected chi connectivity index (χ0v) is 31.2. The highest BCUT2D eigenvalue weighted by Gasteiger charge is 2.46. The lowest BCUT2D eigenvalue weighted by Crippen LogP contribution is -2.28. The Balaban J connectivity index is 1.11. The van der Waals surface area contributed by atoms with Crippen molar-refractivity contribution in [1.82, 2.24) is 9.97 Å². The number of benzene rings is 9. The van der Waals surface area contributed by atoms with E-state index >= 15 is 0 Å². The number of rotatable bonds is 6. The Morgan fingerprint density at radius 3 is 1.56 bits per heavy atom. The summed E-state index contributed by atoms with van der Waals surface area (Å²) in [5, 5.41) is 4.68. The predicted octanol–water partition coefficient (Wildman–Crippen LogP) is 13.8. The van der Waals surface area contributed by atoms with Gasteiger partial charge in [-0.3, -0.25) is 0 Å². The van der Waals surface area contributed by atoms with Crippen LogP contribution < -0.4 is 0 Å². The first-order valence-corrected chi connectivity index (χ1v) is 19.6. The van der Waals surface area contributed by atoms with Gasteiger partial charge in [0.2, 0.25) is 0 Å². The Kier molecular flexibility index (Phi) is 7.75. The Hall–Kier alpha value is -7.42. The SMILES string of the molecule is c1ccc(-c2cc(-c3ccc4ccccc4c3)nc(-c3ccc(-c4ccc5c(c4)C(c4ccccc4)(c4ccccc4)c4ccccc4-5)c4ccccc34)n2)cc1. The molecule has 9 aromatic carbocycles. The first kappa shape index (κ1) is 33.0. The summed E-state index contributed by atoms with van der Waals surface area (Å²) < 4.78 is 0. The van der Waals surface area contributed by atoms with Crippen LogP contribution >= 0.6 is 0 Å². The fourth-order valence-corrected chi connectivity index (χ4v) is 9.18. The van der Waals surface area contributed by atoms with Crippen LogP contribution in [0.3, 0.4) is 0 Å². The van der Waals surface area contributed by atoms with Crippen molar-refractivity contribution in [3.63, 3.8) is 0 Å². The maximum absolute atomic E-state index is 5.30. The predicted molar refractivity (Wildman–Crippen MR) is 236 cm³/mol. The molecule has 0 amide bonds. The molecule has 11 rings (SSSR count). The maximum Gasteiger partial charge on any atom is 0.161 e. The molecular weight excluding hydrogens is 689 g/mol. The van der Waals surface area contributed by atoms with E-state index in [2.05, 4.69) is 212 Å². The molecule has 0 saturated heterocycles.